The van der Waals surface area contributed by atoms with Crippen LogP contribution in [-0.2, 0) is 10.0 Å². The highest BCUT2D eigenvalue weighted by Gasteiger charge is 2.25. The van der Waals surface area contributed by atoms with E-state index in [0.29, 0.717) is 5.56 Å². The van der Waals surface area contributed by atoms with E-state index in [4.69, 9.17) is 0 Å². The van der Waals surface area contributed by atoms with Crippen molar-refractivity contribution in [2.75, 3.05) is 18.5 Å². The quantitative estimate of drug-likeness (QED) is 0.309. The summed E-state index contributed by atoms with van der Waals surface area (Å²) in [5.74, 6) is 0.0133. The van der Waals surface area contributed by atoms with E-state index in [-0.39, 0.29) is 29.4 Å². The van der Waals surface area contributed by atoms with Gasteiger partial charge in [0, 0.05) is 24.7 Å². The minimum absolute atomic E-state index is 0.0133. The lowest BCUT2D eigenvalue weighted by Crippen LogP contribution is -2.30. The monoisotopic (exact) mass is 442 g/mol. The Morgan fingerprint density at radius 3 is 2.52 bits per heavy atom. The normalized spacial score (nSPS) is 12.0. The predicted molar refractivity (Wildman–Crippen MR) is 120 cm³/mol. The third kappa shape index (κ3) is 4.49. The Morgan fingerprint density at radius 2 is 1.84 bits per heavy atom. The van der Waals surface area contributed by atoms with Crippen LogP contribution in [0.5, 0.6) is 5.75 Å². The topological polar surface area (TPSA) is 125 Å². The number of nitrogens with one attached hydrogen (secondary N) is 1. The number of hydrazone groups is 1. The van der Waals surface area contributed by atoms with Crippen molar-refractivity contribution in [1.29, 1.82) is 0 Å². The van der Waals surface area contributed by atoms with E-state index in [1.165, 1.54) is 22.7 Å². The molecule has 0 aliphatic carbocycles. The molecule has 0 atom stereocenters. The number of hydrogen-bond donors (Lipinski definition) is 2. The van der Waals surface area contributed by atoms with E-state index in [0.717, 1.165) is 16.8 Å². The molecular weight excluding hydrogens is 420 g/mol. The smallest absolute Gasteiger partial charge is 0.295 e. The van der Waals surface area contributed by atoms with E-state index in [2.05, 4.69) is 10.5 Å². The summed E-state index contributed by atoms with van der Waals surface area (Å²) in [5.41, 5.74) is 2.64. The second kappa shape index (κ2) is 9.11. The summed E-state index contributed by atoms with van der Waals surface area (Å²) < 4.78 is 26.6. The third-order valence-corrected chi connectivity index (χ3v) is 6.88. The molecular formula is C21H22N4O5S. The second-order valence-electron chi connectivity index (χ2n) is 6.61. The summed E-state index contributed by atoms with van der Waals surface area (Å²) in [6.45, 7) is 3.91. The number of nitrogens with zero attached hydrogens (tertiary/aromatic N) is 3. The molecule has 0 spiro atoms. The average molecular weight is 442 g/mol. The van der Waals surface area contributed by atoms with Crippen LogP contribution in [0, 0.1) is 10.1 Å². The van der Waals surface area contributed by atoms with Gasteiger partial charge in [0.1, 0.15) is 11.4 Å². The fraction of sp³-hybridized carbons (Fsp3) is 0.190. The van der Waals surface area contributed by atoms with Crippen molar-refractivity contribution in [3.63, 3.8) is 0 Å². The van der Waals surface area contributed by atoms with Gasteiger partial charge in [0.05, 0.1) is 16.0 Å². The first-order valence-corrected chi connectivity index (χ1v) is 11.0. The van der Waals surface area contributed by atoms with E-state index in [1.807, 2.05) is 24.3 Å². The first-order valence-electron chi connectivity index (χ1n) is 9.58. The molecule has 0 aliphatic rings. The van der Waals surface area contributed by atoms with Crippen LogP contribution < -0.4 is 5.43 Å². The summed E-state index contributed by atoms with van der Waals surface area (Å²) >= 11 is 0. The predicted octanol–water partition coefficient (Wildman–Crippen LogP) is 3.93. The lowest BCUT2D eigenvalue weighted by atomic mass is 10.0. The van der Waals surface area contributed by atoms with Crippen LogP contribution >= 0.6 is 0 Å². The molecule has 0 bridgehead atoms. The summed E-state index contributed by atoms with van der Waals surface area (Å²) in [6, 6.07) is 14.3. The van der Waals surface area contributed by atoms with Crippen molar-refractivity contribution >= 4 is 38.4 Å². The Morgan fingerprint density at radius 1 is 1.13 bits per heavy atom. The molecule has 0 aromatic heterocycles. The molecule has 162 valence electrons. The zero-order chi connectivity index (χ0) is 22.6. The number of aromatic hydroxyl groups is 1. The van der Waals surface area contributed by atoms with Gasteiger partial charge in [-0.25, -0.2) is 8.42 Å². The van der Waals surface area contributed by atoms with Crippen LogP contribution in [0.3, 0.4) is 0 Å². The van der Waals surface area contributed by atoms with E-state index < -0.39 is 20.6 Å². The molecule has 3 aromatic carbocycles. The summed E-state index contributed by atoms with van der Waals surface area (Å²) in [5, 5.41) is 27.4. The summed E-state index contributed by atoms with van der Waals surface area (Å²) in [4.78, 5) is 10.7. The Hall–Kier alpha value is -3.50. The number of anilines is 1. The molecule has 0 saturated carbocycles. The molecule has 3 aromatic rings. The molecule has 0 aliphatic heterocycles. The van der Waals surface area contributed by atoms with Gasteiger partial charge in [-0.2, -0.15) is 9.41 Å². The van der Waals surface area contributed by atoms with Gasteiger partial charge in [-0.1, -0.05) is 44.2 Å². The van der Waals surface area contributed by atoms with Crippen molar-refractivity contribution in [1.82, 2.24) is 4.31 Å². The van der Waals surface area contributed by atoms with Crippen LogP contribution in [0.1, 0.15) is 19.4 Å². The fourth-order valence-electron chi connectivity index (χ4n) is 3.22. The second-order valence-corrected chi connectivity index (χ2v) is 8.55. The molecule has 9 nitrogen and oxygen atoms in total. The maximum Gasteiger partial charge on any atom is 0.295 e. The van der Waals surface area contributed by atoms with E-state index in [1.54, 1.807) is 26.0 Å². The number of phenols is 1. The molecule has 2 N–H and O–H groups in total. The van der Waals surface area contributed by atoms with Gasteiger partial charge in [-0.3, -0.25) is 15.5 Å². The van der Waals surface area contributed by atoms with Crippen LogP contribution in [0.2, 0.25) is 0 Å². The molecule has 3 rings (SSSR count). The van der Waals surface area contributed by atoms with Gasteiger partial charge in [0.25, 0.3) is 5.69 Å². The maximum atomic E-state index is 12.7. The first kappa shape index (κ1) is 22.2. The third-order valence-electron chi connectivity index (χ3n) is 4.84. The molecule has 0 saturated heterocycles. The number of rotatable bonds is 8. The number of benzene rings is 3. The molecule has 31 heavy (non-hydrogen) atoms. The number of hydrogen-bond acceptors (Lipinski definition) is 7. The summed E-state index contributed by atoms with van der Waals surface area (Å²) in [7, 11) is -3.84. The van der Waals surface area contributed by atoms with Gasteiger partial charge < -0.3 is 5.11 Å². The largest absolute Gasteiger partial charge is 0.507 e. The number of nitro benzene ring substituents is 1. The number of phenolic OH excluding ortho intramolecular Hbond substituents is 1. The van der Waals surface area contributed by atoms with Crippen molar-refractivity contribution < 1.29 is 18.4 Å². The van der Waals surface area contributed by atoms with Crippen molar-refractivity contribution in [3.8, 4) is 5.75 Å². The summed E-state index contributed by atoms with van der Waals surface area (Å²) in [6.07, 6.45) is 1.36. The van der Waals surface area contributed by atoms with E-state index in [9.17, 15) is 23.6 Å². The highest BCUT2D eigenvalue weighted by molar-refractivity contribution is 7.89. The van der Waals surface area contributed by atoms with Crippen LogP contribution in [0.15, 0.2) is 64.6 Å². The van der Waals surface area contributed by atoms with Crippen LogP contribution in [-0.4, -0.2) is 42.1 Å². The van der Waals surface area contributed by atoms with Gasteiger partial charge in [0.2, 0.25) is 10.0 Å². The zero-order valence-electron chi connectivity index (χ0n) is 17.0. The Balaban J connectivity index is 1.94. The Kier molecular flexibility index (Phi) is 6.52. The Bertz CT molecular complexity index is 1250. The van der Waals surface area contributed by atoms with Gasteiger partial charge in [0.15, 0.2) is 0 Å². The lowest BCUT2D eigenvalue weighted by Gasteiger charge is -2.18. The van der Waals surface area contributed by atoms with Crippen molar-refractivity contribution in [2.45, 2.75) is 18.7 Å². The average Bonchev–Trinajstić information content (AvgIpc) is 2.75. The number of fused-ring (bicyclic) bond motifs is 1. The zero-order valence-corrected chi connectivity index (χ0v) is 17.8. The molecule has 0 fully saturated rings. The molecule has 0 radical (unpaired) electrons. The number of nitro groups is 1. The molecule has 0 amide bonds. The minimum Gasteiger partial charge on any atom is -0.507 e. The highest BCUT2D eigenvalue weighted by atomic mass is 32.2. The van der Waals surface area contributed by atoms with Crippen LogP contribution in [0.4, 0.5) is 11.4 Å². The maximum absolute atomic E-state index is 12.7. The lowest BCUT2D eigenvalue weighted by molar-refractivity contribution is -0.384. The SMILES string of the molecule is CCN(CC)S(=O)(=O)c1ccc(N/N=C\c2c(O)ccc3ccccc23)c([N+](=O)[O-])c1. The van der Waals surface area contributed by atoms with Crippen molar-refractivity contribution in [2.24, 2.45) is 5.10 Å². The fourth-order valence-corrected chi connectivity index (χ4v) is 4.69. The number of sulfonamides is 1. The van der Waals surface area contributed by atoms with Gasteiger partial charge in [-0.15, -0.1) is 0 Å². The molecule has 0 unspecified atom stereocenters. The Labute approximate surface area is 179 Å². The van der Waals surface area contributed by atoms with Crippen molar-refractivity contribution in [3.05, 3.63) is 70.3 Å². The minimum atomic E-state index is -3.84. The highest BCUT2D eigenvalue weighted by Crippen LogP contribution is 2.30. The van der Waals surface area contributed by atoms with E-state index >= 15 is 0 Å². The first-order chi connectivity index (χ1) is 14.8. The molecule has 10 heteroatoms. The van der Waals surface area contributed by atoms with Crippen LogP contribution in [0.25, 0.3) is 10.8 Å². The van der Waals surface area contributed by atoms with Gasteiger partial charge in [-0.05, 0) is 29.0 Å². The standard InChI is InChI=1S/C21H22N4O5S/c1-3-24(4-2)31(29,30)16-10-11-19(20(13-16)25(27)28)23-22-14-18-17-8-6-5-7-15(17)9-12-21(18)26/h5-14,23,26H,3-4H2,1-2H3/b22-14-. The molecule has 0 heterocycles. The van der Waals surface area contributed by atoms with Gasteiger partial charge >= 0.3 is 0 Å².